The fourth-order valence-electron chi connectivity index (χ4n) is 2.80. The summed E-state index contributed by atoms with van der Waals surface area (Å²) in [5.41, 5.74) is 15.7. The molecule has 0 bridgehead atoms. The Morgan fingerprint density at radius 2 is 1.62 bits per heavy atom. The fourth-order valence-corrected chi connectivity index (χ4v) is 2.80. The summed E-state index contributed by atoms with van der Waals surface area (Å²) in [4.78, 5) is 1.52. The third kappa shape index (κ3) is 4.10. The molecule has 2 aromatic carbocycles. The Bertz CT molecular complexity index is 680. The maximum atomic E-state index is 9.87. The average Bonchev–Trinajstić information content (AvgIpc) is 2.49. The van der Waals surface area contributed by atoms with E-state index < -0.39 is 12.5 Å². The lowest BCUT2D eigenvalue weighted by molar-refractivity contribution is 0.105. The zero-order chi connectivity index (χ0) is 17.9. The minimum atomic E-state index is -0.803. The van der Waals surface area contributed by atoms with Crippen molar-refractivity contribution in [1.82, 2.24) is 0 Å². The quantitative estimate of drug-likeness (QED) is 0.411. The van der Waals surface area contributed by atoms with Gasteiger partial charge in [-0.3, -0.25) is 0 Å². The maximum absolute atomic E-state index is 9.87. The van der Waals surface area contributed by atoms with E-state index in [0.29, 0.717) is 11.4 Å². The number of hydrogen-bond donors (Lipinski definition) is 5. The summed E-state index contributed by atoms with van der Waals surface area (Å²) in [6.07, 6.45) is -1.61. The molecule has 2 aromatic rings. The van der Waals surface area contributed by atoms with Crippen LogP contribution < -0.4 is 21.7 Å². The van der Waals surface area contributed by atoms with Crippen molar-refractivity contribution in [3.63, 3.8) is 0 Å². The van der Waals surface area contributed by atoms with Gasteiger partial charge in [0.2, 0.25) is 0 Å². The zero-order valence-corrected chi connectivity index (χ0v) is 14.3. The van der Waals surface area contributed by atoms with E-state index in [4.69, 9.17) is 11.5 Å². The highest BCUT2D eigenvalue weighted by molar-refractivity contribution is 5.62. The van der Waals surface area contributed by atoms with Gasteiger partial charge in [0.25, 0.3) is 0 Å². The highest BCUT2D eigenvalue weighted by Gasteiger charge is 2.17. The Labute approximate surface area is 142 Å². The number of rotatable bonds is 6. The monoisotopic (exact) mass is 330 g/mol. The number of aliphatic hydroxyl groups excluding tert-OH is 2. The molecule has 0 saturated heterocycles. The number of nitrogens with zero attached hydrogens (tertiary/aromatic N) is 1. The van der Waals surface area contributed by atoms with E-state index in [9.17, 15) is 10.2 Å². The van der Waals surface area contributed by atoms with Gasteiger partial charge in [-0.1, -0.05) is 6.07 Å². The number of nitrogens with two attached hydrogens (primary N) is 2. The number of hydrogen-bond acceptors (Lipinski definition) is 6. The molecular weight excluding hydrogens is 304 g/mol. The summed E-state index contributed by atoms with van der Waals surface area (Å²) in [5, 5.41) is 23.1. The second-order valence-corrected chi connectivity index (χ2v) is 5.98. The van der Waals surface area contributed by atoms with Crippen molar-refractivity contribution in [3.8, 4) is 0 Å². The second kappa shape index (κ2) is 7.42. The van der Waals surface area contributed by atoms with E-state index in [2.05, 4.69) is 5.32 Å². The third-order valence-electron chi connectivity index (χ3n) is 3.91. The van der Waals surface area contributed by atoms with Gasteiger partial charge in [0.1, 0.15) is 12.5 Å². The van der Waals surface area contributed by atoms with Crippen LogP contribution in [0.25, 0.3) is 0 Å². The zero-order valence-electron chi connectivity index (χ0n) is 14.3. The molecule has 6 nitrogen and oxygen atoms in total. The van der Waals surface area contributed by atoms with E-state index in [1.165, 1.54) is 4.90 Å². The summed E-state index contributed by atoms with van der Waals surface area (Å²) in [7, 11) is 0. The van der Waals surface area contributed by atoms with Gasteiger partial charge in [-0.05, 0) is 62.7 Å². The van der Waals surface area contributed by atoms with E-state index >= 15 is 0 Å². The molecule has 0 aliphatic carbocycles. The van der Waals surface area contributed by atoms with Crippen LogP contribution in [0.2, 0.25) is 0 Å². The van der Waals surface area contributed by atoms with Crippen LogP contribution >= 0.6 is 0 Å². The van der Waals surface area contributed by atoms with Crippen molar-refractivity contribution in [3.05, 3.63) is 48.0 Å². The van der Waals surface area contributed by atoms with Gasteiger partial charge >= 0.3 is 0 Å². The van der Waals surface area contributed by atoms with Gasteiger partial charge in [-0.25, -0.2) is 0 Å². The summed E-state index contributed by atoms with van der Waals surface area (Å²) in [6.45, 7) is 5.23. The SMILES string of the molecule is CC(Nc1cccc(N(C(C)O)C(C)O)c1)c1cc(N)ccc1N. The Morgan fingerprint density at radius 3 is 2.25 bits per heavy atom. The number of nitrogens with one attached hydrogen (secondary N) is 1. The van der Waals surface area contributed by atoms with E-state index in [1.54, 1.807) is 26.0 Å². The molecule has 0 radical (unpaired) electrons. The molecule has 3 atom stereocenters. The van der Waals surface area contributed by atoms with Crippen molar-refractivity contribution in [1.29, 1.82) is 0 Å². The molecule has 0 aliphatic rings. The molecule has 0 spiro atoms. The molecular formula is C18H26N4O2. The molecule has 3 unspecified atom stereocenters. The molecule has 0 amide bonds. The van der Waals surface area contributed by atoms with Gasteiger partial charge in [0.15, 0.2) is 0 Å². The summed E-state index contributed by atoms with van der Waals surface area (Å²) in [5.74, 6) is 0. The first-order valence-electron chi connectivity index (χ1n) is 7.95. The lowest BCUT2D eigenvalue weighted by atomic mass is 10.0. The fraction of sp³-hybridized carbons (Fsp3) is 0.333. The number of benzene rings is 2. The van der Waals surface area contributed by atoms with Crippen LogP contribution in [0.15, 0.2) is 42.5 Å². The van der Waals surface area contributed by atoms with Crippen molar-refractivity contribution >= 4 is 22.7 Å². The number of anilines is 4. The maximum Gasteiger partial charge on any atom is 0.126 e. The summed E-state index contributed by atoms with van der Waals surface area (Å²) in [6, 6.07) is 12.9. The minimum absolute atomic E-state index is 0.0460. The van der Waals surface area contributed by atoms with Gasteiger partial charge in [-0.15, -0.1) is 0 Å². The molecule has 7 N–H and O–H groups in total. The first-order chi connectivity index (χ1) is 11.3. The number of aliphatic hydroxyl groups is 2. The lowest BCUT2D eigenvalue weighted by Crippen LogP contribution is -2.40. The van der Waals surface area contributed by atoms with E-state index in [1.807, 2.05) is 37.3 Å². The topological polar surface area (TPSA) is 108 Å². The van der Waals surface area contributed by atoms with Crippen molar-refractivity contribution in [2.24, 2.45) is 0 Å². The Balaban J connectivity index is 2.24. The molecule has 0 aromatic heterocycles. The van der Waals surface area contributed by atoms with Crippen molar-refractivity contribution in [2.75, 3.05) is 21.7 Å². The van der Waals surface area contributed by atoms with Crippen molar-refractivity contribution < 1.29 is 10.2 Å². The number of nitrogen functional groups attached to an aromatic ring is 2. The van der Waals surface area contributed by atoms with Crippen LogP contribution in [0.3, 0.4) is 0 Å². The Hall–Kier alpha value is -2.44. The van der Waals surface area contributed by atoms with E-state index in [0.717, 1.165) is 16.9 Å². The van der Waals surface area contributed by atoms with Crippen LogP contribution in [0.5, 0.6) is 0 Å². The van der Waals surface area contributed by atoms with Gasteiger partial charge in [0, 0.05) is 22.7 Å². The first-order valence-corrected chi connectivity index (χ1v) is 7.95. The van der Waals surface area contributed by atoms with Crippen LogP contribution in [0, 0.1) is 0 Å². The normalized spacial score (nSPS) is 14.7. The largest absolute Gasteiger partial charge is 0.399 e. The first kappa shape index (κ1) is 17.9. The minimum Gasteiger partial charge on any atom is -0.399 e. The summed E-state index contributed by atoms with van der Waals surface area (Å²) < 4.78 is 0. The standard InChI is InChI=1S/C18H26N4O2/c1-11(17-9-14(19)7-8-18(17)20)21-15-5-4-6-16(10-15)22(12(2)23)13(3)24/h4-13,21,23-24H,19-20H2,1-3H3. The highest BCUT2D eigenvalue weighted by Crippen LogP contribution is 2.28. The molecule has 2 rings (SSSR count). The second-order valence-electron chi connectivity index (χ2n) is 5.98. The average molecular weight is 330 g/mol. The van der Waals surface area contributed by atoms with Gasteiger partial charge in [0.05, 0.1) is 6.04 Å². The molecule has 24 heavy (non-hydrogen) atoms. The van der Waals surface area contributed by atoms with Gasteiger partial charge < -0.3 is 31.9 Å². The van der Waals surface area contributed by atoms with Crippen LogP contribution in [-0.4, -0.2) is 22.7 Å². The molecule has 0 heterocycles. The van der Waals surface area contributed by atoms with Crippen LogP contribution in [0.4, 0.5) is 22.7 Å². The van der Waals surface area contributed by atoms with Crippen LogP contribution in [-0.2, 0) is 0 Å². The smallest absolute Gasteiger partial charge is 0.126 e. The molecule has 0 aliphatic heterocycles. The third-order valence-corrected chi connectivity index (χ3v) is 3.91. The Morgan fingerprint density at radius 1 is 0.958 bits per heavy atom. The molecule has 130 valence electrons. The lowest BCUT2D eigenvalue weighted by Gasteiger charge is -2.31. The van der Waals surface area contributed by atoms with Crippen molar-refractivity contribution in [2.45, 2.75) is 39.3 Å². The molecule has 6 heteroatoms. The predicted octanol–water partition coefficient (Wildman–Crippen LogP) is 2.51. The molecule has 0 fully saturated rings. The van der Waals surface area contributed by atoms with Gasteiger partial charge in [-0.2, -0.15) is 0 Å². The van der Waals surface area contributed by atoms with Crippen LogP contribution in [0.1, 0.15) is 32.4 Å². The summed E-state index contributed by atoms with van der Waals surface area (Å²) >= 11 is 0. The highest BCUT2D eigenvalue weighted by atomic mass is 16.3. The Kier molecular flexibility index (Phi) is 5.54. The predicted molar refractivity (Wildman–Crippen MR) is 99.6 cm³/mol. The molecule has 0 saturated carbocycles. The van der Waals surface area contributed by atoms with E-state index in [-0.39, 0.29) is 6.04 Å².